The summed E-state index contributed by atoms with van der Waals surface area (Å²) in [6.45, 7) is 2.05. The van der Waals surface area contributed by atoms with E-state index in [0.717, 1.165) is 16.7 Å². The number of aliphatic carboxylic acids is 1. The number of aromatic amines is 1. The van der Waals surface area contributed by atoms with Gasteiger partial charge in [-0.15, -0.1) is 0 Å². The first-order chi connectivity index (χ1) is 22.7. The second-order valence-corrected chi connectivity index (χ2v) is 12.0. The molecule has 1 saturated heterocycles. The summed E-state index contributed by atoms with van der Waals surface area (Å²) in [5, 5.41) is 37.3. The van der Waals surface area contributed by atoms with Crippen LogP contribution >= 0.6 is 0 Å². The van der Waals surface area contributed by atoms with Gasteiger partial charge in [-0.3, -0.25) is 19.2 Å². The third kappa shape index (κ3) is 8.05. The number of rotatable bonds is 13. The maximum Gasteiger partial charge on any atom is 0.314 e. The van der Waals surface area contributed by atoms with Crippen LogP contribution in [0.2, 0.25) is 0 Å². The van der Waals surface area contributed by atoms with Crippen molar-refractivity contribution in [1.29, 1.82) is 0 Å². The van der Waals surface area contributed by atoms with E-state index in [1.54, 1.807) is 17.0 Å². The standard InChI is InChI=1S/C36H40N4O7/c41-29-13-11-27(28-12-14-31(43)39-34(28)29)30(42)23-37-17-4-18-38-32(44)21-24-7-9-25(10-8-24)22-33(45)40-19-15-36(16-20-40,35(46)47)26-5-2-1-3-6-26/h1-3,5-14,30,37,41-42H,4,15-23H2,(H,38,44)(H,39,43)(H,46,47). The molecule has 11 nitrogen and oxygen atoms in total. The monoisotopic (exact) mass is 640 g/mol. The first kappa shape index (κ1) is 33.4. The highest BCUT2D eigenvalue weighted by atomic mass is 16.4. The van der Waals surface area contributed by atoms with Gasteiger partial charge in [0.2, 0.25) is 17.4 Å². The molecule has 1 aliphatic rings. The number of carbonyl (C=O) groups excluding carboxylic acids is 2. The number of likely N-dealkylation sites (tertiary alicyclic amines) is 1. The van der Waals surface area contributed by atoms with Gasteiger partial charge >= 0.3 is 5.97 Å². The minimum Gasteiger partial charge on any atom is -0.506 e. The average molecular weight is 641 g/mol. The van der Waals surface area contributed by atoms with Crippen molar-refractivity contribution in [3.63, 3.8) is 0 Å². The molecule has 1 unspecified atom stereocenters. The molecule has 3 aromatic carbocycles. The van der Waals surface area contributed by atoms with E-state index in [4.69, 9.17) is 0 Å². The number of nitrogens with zero attached hydrogens (tertiary/aromatic N) is 1. The average Bonchev–Trinajstić information content (AvgIpc) is 3.07. The van der Waals surface area contributed by atoms with Crippen LogP contribution in [0.25, 0.3) is 10.9 Å². The van der Waals surface area contributed by atoms with Crippen molar-refractivity contribution in [2.45, 2.75) is 43.6 Å². The molecule has 0 bridgehead atoms. The molecule has 47 heavy (non-hydrogen) atoms. The van der Waals surface area contributed by atoms with Crippen molar-refractivity contribution < 1.29 is 29.7 Å². The molecule has 0 spiro atoms. The zero-order valence-corrected chi connectivity index (χ0v) is 26.1. The molecule has 1 aromatic heterocycles. The van der Waals surface area contributed by atoms with Crippen LogP contribution in [0.4, 0.5) is 0 Å². The van der Waals surface area contributed by atoms with E-state index in [1.165, 1.54) is 12.1 Å². The fourth-order valence-corrected chi connectivity index (χ4v) is 6.17. The molecular formula is C36H40N4O7. The van der Waals surface area contributed by atoms with Crippen molar-refractivity contribution in [2.24, 2.45) is 0 Å². The number of aliphatic hydroxyl groups excluding tert-OH is 1. The van der Waals surface area contributed by atoms with E-state index in [2.05, 4.69) is 15.6 Å². The van der Waals surface area contributed by atoms with Crippen LogP contribution in [0.5, 0.6) is 5.75 Å². The summed E-state index contributed by atoms with van der Waals surface area (Å²) in [5.74, 6) is -1.08. The third-order valence-corrected chi connectivity index (χ3v) is 8.90. The Labute approximate surface area is 272 Å². The second-order valence-electron chi connectivity index (χ2n) is 12.0. The Kier molecular flexibility index (Phi) is 10.7. The number of fused-ring (bicyclic) bond motifs is 1. The van der Waals surface area contributed by atoms with Crippen LogP contribution < -0.4 is 16.2 Å². The van der Waals surface area contributed by atoms with Gasteiger partial charge in [-0.05, 0) is 60.2 Å². The van der Waals surface area contributed by atoms with Gasteiger partial charge in [-0.2, -0.15) is 0 Å². The number of amides is 2. The van der Waals surface area contributed by atoms with Gasteiger partial charge in [0.1, 0.15) is 5.75 Å². The number of hydrogen-bond acceptors (Lipinski definition) is 7. The van der Waals surface area contributed by atoms with Crippen molar-refractivity contribution in [2.75, 3.05) is 32.7 Å². The lowest BCUT2D eigenvalue weighted by molar-refractivity contribution is -0.148. The number of carboxylic acid groups (broad SMARTS) is 1. The number of aliphatic hydroxyl groups is 1. The maximum atomic E-state index is 13.0. The summed E-state index contributed by atoms with van der Waals surface area (Å²) < 4.78 is 0. The van der Waals surface area contributed by atoms with Crippen LogP contribution in [0.3, 0.4) is 0 Å². The molecule has 1 atom stereocenters. The number of phenolic OH excluding ortho intramolecular Hbond substituents is 1. The van der Waals surface area contributed by atoms with Crippen LogP contribution in [0.15, 0.2) is 83.7 Å². The summed E-state index contributed by atoms with van der Waals surface area (Å²) in [5.41, 5.74) is 1.98. The summed E-state index contributed by atoms with van der Waals surface area (Å²) in [6.07, 6.45) is 0.948. The predicted molar refractivity (Wildman–Crippen MR) is 177 cm³/mol. The molecule has 6 N–H and O–H groups in total. The van der Waals surface area contributed by atoms with Crippen LogP contribution in [-0.2, 0) is 32.6 Å². The predicted octanol–water partition coefficient (Wildman–Crippen LogP) is 2.79. The van der Waals surface area contributed by atoms with Crippen molar-refractivity contribution in [1.82, 2.24) is 20.5 Å². The number of H-pyrrole nitrogens is 1. The van der Waals surface area contributed by atoms with Gasteiger partial charge in [0.15, 0.2) is 0 Å². The largest absolute Gasteiger partial charge is 0.506 e. The van der Waals surface area contributed by atoms with Crippen molar-refractivity contribution in [3.05, 3.63) is 111 Å². The summed E-state index contributed by atoms with van der Waals surface area (Å²) in [7, 11) is 0. The third-order valence-electron chi connectivity index (χ3n) is 8.90. The van der Waals surface area contributed by atoms with E-state index < -0.39 is 17.5 Å². The SMILES string of the molecule is O=C(Cc1ccc(CC(=O)N2CCC(C(=O)O)(c3ccccc3)CC2)cc1)NCCCNCC(O)c1ccc(O)c2[nH]c(=O)ccc12. The molecular weight excluding hydrogens is 600 g/mol. The smallest absolute Gasteiger partial charge is 0.314 e. The minimum atomic E-state index is -0.978. The minimum absolute atomic E-state index is 0.0450. The second kappa shape index (κ2) is 15.1. The van der Waals surface area contributed by atoms with Gasteiger partial charge in [0, 0.05) is 37.6 Å². The number of nitrogens with one attached hydrogen (secondary N) is 3. The number of benzene rings is 3. The first-order valence-corrected chi connectivity index (χ1v) is 15.8. The summed E-state index contributed by atoms with van der Waals surface area (Å²) >= 11 is 0. The molecule has 0 saturated carbocycles. The van der Waals surface area contributed by atoms with Gasteiger partial charge in [-0.25, -0.2) is 0 Å². The molecule has 2 amide bonds. The Bertz CT molecular complexity index is 1760. The number of aromatic hydroxyl groups is 1. The Hall–Kier alpha value is -5.00. The molecule has 0 aliphatic carbocycles. The lowest BCUT2D eigenvalue weighted by Gasteiger charge is -2.39. The normalized spacial score (nSPS) is 14.9. The highest BCUT2D eigenvalue weighted by Crippen LogP contribution is 2.36. The molecule has 1 aliphatic heterocycles. The molecule has 2 heterocycles. The molecule has 4 aromatic rings. The van der Waals surface area contributed by atoms with E-state index in [0.29, 0.717) is 56.4 Å². The zero-order chi connectivity index (χ0) is 33.4. The molecule has 246 valence electrons. The Morgan fingerprint density at radius 2 is 1.55 bits per heavy atom. The number of hydrogen-bond donors (Lipinski definition) is 6. The van der Waals surface area contributed by atoms with Crippen LogP contribution in [-0.4, -0.2) is 75.7 Å². The van der Waals surface area contributed by atoms with E-state index >= 15 is 0 Å². The topological polar surface area (TPSA) is 172 Å². The molecule has 1 fully saturated rings. The molecule has 11 heteroatoms. The van der Waals surface area contributed by atoms with E-state index in [9.17, 15) is 34.5 Å². The van der Waals surface area contributed by atoms with Crippen LogP contribution in [0, 0.1) is 0 Å². The Morgan fingerprint density at radius 1 is 0.872 bits per heavy atom. The van der Waals surface area contributed by atoms with E-state index in [-0.39, 0.29) is 48.0 Å². The van der Waals surface area contributed by atoms with Crippen molar-refractivity contribution in [3.8, 4) is 5.75 Å². The van der Waals surface area contributed by atoms with Gasteiger partial charge in [0.25, 0.3) is 0 Å². The quantitative estimate of drug-likeness (QED) is 0.121. The fraction of sp³-hybridized carbons (Fsp3) is 0.333. The molecule has 0 radical (unpaired) electrons. The van der Waals surface area contributed by atoms with E-state index in [1.807, 2.05) is 54.6 Å². The number of pyridine rings is 1. The zero-order valence-electron chi connectivity index (χ0n) is 26.1. The fourth-order valence-electron chi connectivity index (χ4n) is 6.17. The number of carboxylic acids is 1. The number of phenols is 1. The van der Waals surface area contributed by atoms with Crippen LogP contribution in [0.1, 0.15) is 47.6 Å². The molecule has 5 rings (SSSR count). The summed E-state index contributed by atoms with van der Waals surface area (Å²) in [4.78, 5) is 53.6. The lowest BCUT2D eigenvalue weighted by atomic mass is 9.73. The lowest BCUT2D eigenvalue weighted by Crippen LogP contribution is -2.49. The first-order valence-electron chi connectivity index (χ1n) is 15.8. The Morgan fingerprint density at radius 3 is 2.23 bits per heavy atom. The number of piperidine rings is 1. The highest BCUT2D eigenvalue weighted by molar-refractivity contribution is 5.87. The number of carbonyl (C=O) groups is 3. The Balaban J connectivity index is 1.00. The van der Waals surface area contributed by atoms with Gasteiger partial charge in [0.05, 0.1) is 29.9 Å². The highest BCUT2D eigenvalue weighted by Gasteiger charge is 2.43. The van der Waals surface area contributed by atoms with Gasteiger partial charge in [-0.1, -0.05) is 60.7 Å². The van der Waals surface area contributed by atoms with Gasteiger partial charge < -0.3 is 35.8 Å². The number of aromatic nitrogens is 1. The maximum absolute atomic E-state index is 13.0. The van der Waals surface area contributed by atoms with Crippen molar-refractivity contribution >= 4 is 28.7 Å². The summed E-state index contributed by atoms with van der Waals surface area (Å²) in [6, 6.07) is 22.6.